The molecule has 0 bridgehead atoms. The maximum Gasteiger partial charge on any atom is 0.237 e. The van der Waals surface area contributed by atoms with Crippen LogP contribution in [0, 0.1) is 0 Å². The highest BCUT2D eigenvalue weighted by molar-refractivity contribution is 6.30. The smallest absolute Gasteiger partial charge is 0.237 e. The number of rotatable bonds is 3. The first kappa shape index (κ1) is 15.1. The molecule has 1 saturated carbocycles. The lowest BCUT2D eigenvalue weighted by atomic mass is 9.77. The van der Waals surface area contributed by atoms with E-state index < -0.39 is 5.41 Å². The molecule has 2 aromatic rings. The molecule has 0 saturated heterocycles. The SMILES string of the molecule is CN(C(=O)C1(c2ccccc2)CCCC1)c1cccc(Cl)c1. The van der Waals surface area contributed by atoms with Crippen LogP contribution in [-0.4, -0.2) is 13.0 Å². The van der Waals surface area contributed by atoms with E-state index in [1.54, 1.807) is 4.90 Å². The molecule has 0 N–H and O–H groups in total. The number of anilines is 1. The number of hydrogen-bond acceptors (Lipinski definition) is 1. The molecule has 3 heteroatoms. The van der Waals surface area contributed by atoms with Crippen molar-refractivity contribution in [3.8, 4) is 0 Å². The Kier molecular flexibility index (Phi) is 4.21. The van der Waals surface area contributed by atoms with Crippen molar-refractivity contribution in [3.05, 3.63) is 65.2 Å². The van der Waals surface area contributed by atoms with Crippen molar-refractivity contribution in [2.24, 2.45) is 0 Å². The molecule has 0 aromatic heterocycles. The van der Waals surface area contributed by atoms with Gasteiger partial charge in [-0.1, -0.05) is 60.8 Å². The Bertz CT molecular complexity index is 662. The fourth-order valence-electron chi connectivity index (χ4n) is 3.48. The minimum atomic E-state index is -0.391. The zero-order chi connectivity index (χ0) is 15.6. The van der Waals surface area contributed by atoms with Crippen LogP contribution in [0.25, 0.3) is 0 Å². The summed E-state index contributed by atoms with van der Waals surface area (Å²) in [6.45, 7) is 0. The van der Waals surface area contributed by atoms with E-state index in [1.165, 1.54) is 0 Å². The monoisotopic (exact) mass is 313 g/mol. The molecule has 1 amide bonds. The average Bonchev–Trinajstić information content (AvgIpc) is 3.05. The van der Waals surface area contributed by atoms with Gasteiger partial charge in [-0.25, -0.2) is 0 Å². The van der Waals surface area contributed by atoms with E-state index in [4.69, 9.17) is 11.6 Å². The van der Waals surface area contributed by atoms with Gasteiger partial charge in [-0.05, 0) is 36.6 Å². The molecule has 1 aliphatic rings. The molecule has 0 heterocycles. The van der Waals surface area contributed by atoms with E-state index in [9.17, 15) is 4.79 Å². The maximum atomic E-state index is 13.3. The molecule has 0 radical (unpaired) electrons. The Morgan fingerprint density at radius 1 is 1.05 bits per heavy atom. The third-order valence-electron chi connectivity index (χ3n) is 4.69. The Hall–Kier alpha value is -1.80. The van der Waals surface area contributed by atoms with Crippen molar-refractivity contribution in [3.63, 3.8) is 0 Å². The number of carbonyl (C=O) groups is 1. The third-order valence-corrected chi connectivity index (χ3v) is 4.93. The van der Waals surface area contributed by atoms with Crippen LogP contribution < -0.4 is 4.90 Å². The van der Waals surface area contributed by atoms with E-state index in [2.05, 4.69) is 12.1 Å². The summed E-state index contributed by atoms with van der Waals surface area (Å²) in [5.41, 5.74) is 1.59. The van der Waals surface area contributed by atoms with Gasteiger partial charge in [0.05, 0.1) is 5.41 Å². The topological polar surface area (TPSA) is 20.3 Å². The first-order valence-electron chi connectivity index (χ1n) is 7.73. The average molecular weight is 314 g/mol. The van der Waals surface area contributed by atoms with Crippen LogP contribution in [0.5, 0.6) is 0 Å². The number of nitrogens with zero attached hydrogens (tertiary/aromatic N) is 1. The van der Waals surface area contributed by atoms with Gasteiger partial charge in [0.2, 0.25) is 5.91 Å². The second-order valence-electron chi connectivity index (χ2n) is 6.00. The molecule has 114 valence electrons. The van der Waals surface area contributed by atoms with Gasteiger partial charge in [0, 0.05) is 17.8 Å². The second kappa shape index (κ2) is 6.13. The fourth-order valence-corrected chi connectivity index (χ4v) is 3.67. The van der Waals surface area contributed by atoms with Crippen molar-refractivity contribution >= 4 is 23.2 Å². The predicted molar refractivity (Wildman–Crippen MR) is 91.5 cm³/mol. The summed E-state index contributed by atoms with van der Waals surface area (Å²) >= 11 is 6.07. The van der Waals surface area contributed by atoms with Gasteiger partial charge in [0.1, 0.15) is 0 Å². The number of benzene rings is 2. The largest absolute Gasteiger partial charge is 0.315 e. The lowest BCUT2D eigenvalue weighted by molar-refractivity contribution is -0.123. The van der Waals surface area contributed by atoms with E-state index >= 15 is 0 Å². The molecule has 1 fully saturated rings. The van der Waals surface area contributed by atoms with Crippen molar-refractivity contribution in [2.75, 3.05) is 11.9 Å². The quantitative estimate of drug-likeness (QED) is 0.796. The van der Waals surface area contributed by atoms with Crippen LogP contribution in [-0.2, 0) is 10.2 Å². The van der Waals surface area contributed by atoms with Crippen LogP contribution >= 0.6 is 11.6 Å². The van der Waals surface area contributed by atoms with Gasteiger partial charge in [-0.15, -0.1) is 0 Å². The number of carbonyl (C=O) groups excluding carboxylic acids is 1. The number of likely N-dealkylation sites (N-methyl/N-ethyl adjacent to an activating group) is 1. The molecule has 2 aromatic carbocycles. The van der Waals surface area contributed by atoms with Crippen LogP contribution in [0.4, 0.5) is 5.69 Å². The predicted octanol–water partition coefficient (Wildman–Crippen LogP) is 4.81. The Morgan fingerprint density at radius 2 is 1.73 bits per heavy atom. The van der Waals surface area contributed by atoms with Gasteiger partial charge >= 0.3 is 0 Å². The summed E-state index contributed by atoms with van der Waals surface area (Å²) in [5, 5.41) is 0.650. The first-order valence-corrected chi connectivity index (χ1v) is 8.10. The molecule has 0 unspecified atom stereocenters. The highest BCUT2D eigenvalue weighted by Gasteiger charge is 2.44. The van der Waals surface area contributed by atoms with Crippen LogP contribution in [0.3, 0.4) is 0 Å². The fraction of sp³-hybridized carbons (Fsp3) is 0.316. The minimum Gasteiger partial charge on any atom is -0.315 e. The third kappa shape index (κ3) is 2.64. The second-order valence-corrected chi connectivity index (χ2v) is 6.44. The summed E-state index contributed by atoms with van der Waals surface area (Å²) < 4.78 is 0. The van der Waals surface area contributed by atoms with Gasteiger partial charge in [0.25, 0.3) is 0 Å². The summed E-state index contributed by atoms with van der Waals surface area (Å²) in [4.78, 5) is 15.0. The molecule has 1 aliphatic carbocycles. The minimum absolute atomic E-state index is 0.165. The Labute approximate surface area is 136 Å². The van der Waals surface area contributed by atoms with Crippen LogP contribution in [0.1, 0.15) is 31.2 Å². The lowest BCUT2D eigenvalue weighted by Gasteiger charge is -2.33. The number of hydrogen-bond donors (Lipinski definition) is 0. The molecule has 2 nitrogen and oxygen atoms in total. The van der Waals surface area contributed by atoms with Gasteiger partial charge < -0.3 is 4.90 Å². The number of halogens is 1. The summed E-state index contributed by atoms with van der Waals surface area (Å²) in [6.07, 6.45) is 4.04. The summed E-state index contributed by atoms with van der Waals surface area (Å²) in [5.74, 6) is 0.165. The lowest BCUT2D eigenvalue weighted by Crippen LogP contribution is -2.43. The van der Waals surface area contributed by atoms with Crippen molar-refractivity contribution in [1.29, 1.82) is 0 Å². The van der Waals surface area contributed by atoms with E-state index in [0.29, 0.717) is 5.02 Å². The highest BCUT2D eigenvalue weighted by atomic mass is 35.5. The molecule has 3 rings (SSSR count). The molecule has 0 spiro atoms. The maximum absolute atomic E-state index is 13.3. The van der Waals surface area contributed by atoms with Gasteiger partial charge in [-0.2, -0.15) is 0 Å². The zero-order valence-electron chi connectivity index (χ0n) is 12.8. The van der Waals surface area contributed by atoms with E-state index in [-0.39, 0.29) is 5.91 Å². The van der Waals surface area contributed by atoms with Gasteiger partial charge in [0.15, 0.2) is 0 Å². The number of amides is 1. The van der Waals surface area contributed by atoms with Crippen molar-refractivity contribution < 1.29 is 4.79 Å². The van der Waals surface area contributed by atoms with Crippen LogP contribution in [0.15, 0.2) is 54.6 Å². The molecular weight excluding hydrogens is 294 g/mol. The van der Waals surface area contributed by atoms with E-state index in [1.807, 2.05) is 49.5 Å². The molecule has 0 atom stereocenters. The first-order chi connectivity index (χ1) is 10.6. The normalized spacial score (nSPS) is 16.5. The Balaban J connectivity index is 1.97. The highest BCUT2D eigenvalue weighted by Crippen LogP contribution is 2.43. The van der Waals surface area contributed by atoms with Crippen LogP contribution in [0.2, 0.25) is 5.02 Å². The van der Waals surface area contributed by atoms with Gasteiger partial charge in [-0.3, -0.25) is 4.79 Å². The zero-order valence-corrected chi connectivity index (χ0v) is 13.5. The molecule has 22 heavy (non-hydrogen) atoms. The summed E-state index contributed by atoms with van der Waals surface area (Å²) in [6, 6.07) is 17.7. The van der Waals surface area contributed by atoms with E-state index in [0.717, 1.165) is 36.9 Å². The van der Waals surface area contributed by atoms with Crippen molar-refractivity contribution in [1.82, 2.24) is 0 Å². The molecule has 0 aliphatic heterocycles. The summed E-state index contributed by atoms with van der Waals surface area (Å²) in [7, 11) is 1.84. The standard InChI is InChI=1S/C19H20ClNO/c1-21(17-11-7-10-16(20)14-17)18(22)19(12-5-6-13-19)15-8-3-2-4-9-15/h2-4,7-11,14H,5-6,12-13H2,1H3. The van der Waals surface area contributed by atoms with Crippen molar-refractivity contribution in [2.45, 2.75) is 31.1 Å². The Morgan fingerprint density at radius 3 is 2.36 bits per heavy atom. The molecular formula is C19H20ClNO.